The molecule has 0 aliphatic carbocycles. The first-order valence-corrected chi connectivity index (χ1v) is 8.45. The van der Waals surface area contributed by atoms with Gasteiger partial charge in [0.1, 0.15) is 0 Å². The number of rotatable bonds is 3. The van der Waals surface area contributed by atoms with Crippen LogP contribution in [0.25, 0.3) is 16.5 Å². The predicted octanol–water partition coefficient (Wildman–Crippen LogP) is 6.16. The summed E-state index contributed by atoms with van der Waals surface area (Å²) in [6.07, 6.45) is 5.47. The maximum absolute atomic E-state index is 2.26. The highest BCUT2D eigenvalue weighted by Gasteiger charge is 2.10. The minimum absolute atomic E-state index is 0.975. The molecule has 1 nitrogen and oxygen atoms in total. The average molecular weight is 305 g/mol. The lowest BCUT2D eigenvalue weighted by molar-refractivity contribution is 0.960. The zero-order chi connectivity index (χ0) is 16.8. The van der Waals surface area contributed by atoms with Crippen LogP contribution in [0.4, 0.5) is 0 Å². The van der Waals surface area contributed by atoms with Gasteiger partial charge in [0, 0.05) is 24.1 Å². The lowest BCUT2D eigenvalue weighted by Gasteiger charge is -2.10. The van der Waals surface area contributed by atoms with Crippen LogP contribution in [0.15, 0.2) is 60.8 Å². The van der Waals surface area contributed by atoms with Crippen LogP contribution in [0.1, 0.15) is 37.5 Å². The highest BCUT2D eigenvalue weighted by molar-refractivity contribution is 5.86. The Labute approximate surface area is 140 Å². The molecule has 0 amide bonds. The average Bonchev–Trinajstić information content (AvgIpc) is 2.92. The summed E-state index contributed by atoms with van der Waals surface area (Å²) in [5, 5.41) is 1.35. The molecule has 0 aliphatic rings. The number of nitrogens with zero attached hydrogens (tertiary/aromatic N) is 1. The first kappa shape index (κ1) is 17.1. The molecule has 0 spiro atoms. The molecule has 0 aliphatic heterocycles. The van der Waals surface area contributed by atoms with E-state index < -0.39 is 0 Å². The van der Waals surface area contributed by atoms with E-state index in [0.717, 1.165) is 6.42 Å². The molecule has 2 aromatic carbocycles. The number of para-hydroxylation sites is 1. The van der Waals surface area contributed by atoms with Gasteiger partial charge in [-0.3, -0.25) is 0 Å². The van der Waals surface area contributed by atoms with Gasteiger partial charge in [0.15, 0.2) is 0 Å². The third-order valence-corrected chi connectivity index (χ3v) is 4.20. The van der Waals surface area contributed by atoms with E-state index in [-0.39, 0.29) is 0 Å². The molecule has 0 N–H and O–H groups in total. The first-order valence-electron chi connectivity index (χ1n) is 8.45. The van der Waals surface area contributed by atoms with Crippen molar-refractivity contribution in [2.75, 3.05) is 0 Å². The Kier molecular flexibility index (Phi) is 5.81. The fourth-order valence-corrected chi connectivity index (χ4v) is 3.06. The number of benzene rings is 2. The number of allylic oxidation sites excluding steroid dienone is 2. The van der Waals surface area contributed by atoms with Gasteiger partial charge >= 0.3 is 0 Å². The van der Waals surface area contributed by atoms with E-state index in [9.17, 15) is 0 Å². The monoisotopic (exact) mass is 305 g/mol. The molecular formula is C22H27N. The van der Waals surface area contributed by atoms with Crippen molar-refractivity contribution in [2.24, 2.45) is 7.05 Å². The molecule has 3 aromatic rings. The van der Waals surface area contributed by atoms with Gasteiger partial charge in [-0.25, -0.2) is 0 Å². The van der Waals surface area contributed by atoms with Crippen LogP contribution in [0.2, 0.25) is 0 Å². The summed E-state index contributed by atoms with van der Waals surface area (Å²) in [5.41, 5.74) is 6.78. The maximum atomic E-state index is 2.26. The van der Waals surface area contributed by atoms with Crippen LogP contribution < -0.4 is 0 Å². The third kappa shape index (κ3) is 3.56. The van der Waals surface area contributed by atoms with Crippen LogP contribution in [-0.4, -0.2) is 4.57 Å². The van der Waals surface area contributed by atoms with Gasteiger partial charge in [-0.1, -0.05) is 62.4 Å². The van der Waals surface area contributed by atoms with Gasteiger partial charge in [-0.2, -0.15) is 0 Å². The summed E-state index contributed by atoms with van der Waals surface area (Å²) in [4.78, 5) is 0. The molecule has 0 radical (unpaired) electrons. The zero-order valence-corrected chi connectivity index (χ0v) is 14.9. The Bertz CT molecular complexity index is 806. The van der Waals surface area contributed by atoms with E-state index in [1.165, 1.54) is 33.2 Å². The van der Waals surface area contributed by atoms with Crippen molar-refractivity contribution < 1.29 is 0 Å². The molecule has 0 saturated heterocycles. The second-order valence-corrected chi connectivity index (χ2v) is 5.59. The summed E-state index contributed by atoms with van der Waals surface area (Å²) in [6, 6.07) is 17.2. The van der Waals surface area contributed by atoms with Gasteiger partial charge in [0.25, 0.3) is 0 Å². The standard InChI is InChI=1S/C20H21N.C2H6/c1-4-16(18-10-6-5-9-15(18)2)13-17-14-21(3)20-12-8-7-11-19(17)20;1-2/h4-12,14H,13H2,1-3H3;1-2H3/b16-4-;. The van der Waals surface area contributed by atoms with Crippen molar-refractivity contribution in [3.05, 3.63) is 77.5 Å². The number of hydrogen-bond donors (Lipinski definition) is 0. The SMILES string of the molecule is C/C=C(/Cc1cn(C)c2ccccc12)c1ccccc1C.CC. The van der Waals surface area contributed by atoms with Gasteiger partial charge in [0.2, 0.25) is 0 Å². The maximum Gasteiger partial charge on any atom is 0.0480 e. The summed E-state index contributed by atoms with van der Waals surface area (Å²) in [6.45, 7) is 8.31. The first-order chi connectivity index (χ1) is 11.2. The Morgan fingerprint density at radius 3 is 2.35 bits per heavy atom. The van der Waals surface area contributed by atoms with Crippen LogP contribution in [0.3, 0.4) is 0 Å². The van der Waals surface area contributed by atoms with Gasteiger partial charge in [0.05, 0.1) is 0 Å². The quantitative estimate of drug-likeness (QED) is 0.546. The molecule has 1 heterocycles. The van der Waals surface area contributed by atoms with Crippen molar-refractivity contribution in [2.45, 2.75) is 34.1 Å². The molecule has 1 heteroatoms. The van der Waals surface area contributed by atoms with Gasteiger partial charge < -0.3 is 4.57 Å². The molecule has 0 fully saturated rings. The number of fused-ring (bicyclic) bond motifs is 1. The van der Waals surface area contributed by atoms with Crippen molar-refractivity contribution in [3.63, 3.8) is 0 Å². The highest BCUT2D eigenvalue weighted by Crippen LogP contribution is 2.27. The predicted molar refractivity (Wildman–Crippen MR) is 103 cm³/mol. The van der Waals surface area contributed by atoms with Crippen molar-refractivity contribution in [1.29, 1.82) is 0 Å². The molecule has 23 heavy (non-hydrogen) atoms. The highest BCUT2D eigenvalue weighted by atomic mass is 14.9. The minimum Gasteiger partial charge on any atom is -0.350 e. The van der Waals surface area contributed by atoms with Crippen LogP contribution >= 0.6 is 0 Å². The lowest BCUT2D eigenvalue weighted by atomic mass is 9.94. The summed E-state index contributed by atoms with van der Waals surface area (Å²) in [7, 11) is 2.12. The Hall–Kier alpha value is -2.28. The summed E-state index contributed by atoms with van der Waals surface area (Å²) in [5.74, 6) is 0. The fraction of sp³-hybridized carbons (Fsp3) is 0.273. The van der Waals surface area contributed by atoms with Crippen molar-refractivity contribution >= 4 is 16.5 Å². The van der Waals surface area contributed by atoms with Crippen molar-refractivity contribution in [1.82, 2.24) is 4.57 Å². The molecule has 0 unspecified atom stereocenters. The second-order valence-electron chi connectivity index (χ2n) is 5.59. The lowest BCUT2D eigenvalue weighted by Crippen LogP contribution is -1.93. The Morgan fingerprint density at radius 2 is 1.65 bits per heavy atom. The molecular weight excluding hydrogens is 278 g/mol. The topological polar surface area (TPSA) is 4.93 Å². The molecule has 0 saturated carbocycles. The van der Waals surface area contributed by atoms with Gasteiger partial charge in [-0.05, 0) is 48.6 Å². The molecule has 0 bridgehead atoms. The van der Waals surface area contributed by atoms with E-state index in [1.54, 1.807) is 0 Å². The van der Waals surface area contributed by atoms with Crippen LogP contribution in [0.5, 0.6) is 0 Å². The largest absolute Gasteiger partial charge is 0.350 e. The van der Waals surface area contributed by atoms with Crippen molar-refractivity contribution in [3.8, 4) is 0 Å². The Balaban J connectivity index is 0.000000924. The van der Waals surface area contributed by atoms with Crippen LogP contribution in [0, 0.1) is 6.92 Å². The fourth-order valence-electron chi connectivity index (χ4n) is 3.06. The van der Waals surface area contributed by atoms with Crippen LogP contribution in [-0.2, 0) is 13.5 Å². The van der Waals surface area contributed by atoms with E-state index in [0.29, 0.717) is 0 Å². The third-order valence-electron chi connectivity index (χ3n) is 4.20. The molecule has 0 atom stereocenters. The number of aromatic nitrogens is 1. The zero-order valence-electron chi connectivity index (χ0n) is 14.9. The number of aryl methyl sites for hydroxylation is 2. The molecule has 1 aromatic heterocycles. The molecule has 120 valence electrons. The molecule has 3 rings (SSSR count). The summed E-state index contributed by atoms with van der Waals surface area (Å²) >= 11 is 0. The Morgan fingerprint density at radius 1 is 1.00 bits per heavy atom. The number of hydrogen-bond acceptors (Lipinski definition) is 0. The smallest absolute Gasteiger partial charge is 0.0480 e. The minimum atomic E-state index is 0.975. The van der Waals surface area contributed by atoms with E-state index in [1.807, 2.05) is 13.8 Å². The normalized spacial score (nSPS) is 11.3. The van der Waals surface area contributed by atoms with E-state index >= 15 is 0 Å². The second kappa shape index (κ2) is 7.82. The summed E-state index contributed by atoms with van der Waals surface area (Å²) < 4.78 is 2.22. The van der Waals surface area contributed by atoms with E-state index in [4.69, 9.17) is 0 Å². The van der Waals surface area contributed by atoms with E-state index in [2.05, 4.69) is 86.3 Å². The van der Waals surface area contributed by atoms with Gasteiger partial charge in [-0.15, -0.1) is 0 Å².